The van der Waals surface area contributed by atoms with Crippen molar-refractivity contribution < 1.29 is 9.59 Å². The Bertz CT molecular complexity index is 757. The van der Waals surface area contributed by atoms with E-state index < -0.39 is 0 Å². The predicted molar refractivity (Wildman–Crippen MR) is 106 cm³/mol. The van der Waals surface area contributed by atoms with Gasteiger partial charge in [-0.05, 0) is 63.1 Å². The molecule has 0 saturated carbocycles. The molecule has 4 nitrogen and oxygen atoms in total. The Hall–Kier alpha value is -2.27. The lowest BCUT2D eigenvalue weighted by Crippen LogP contribution is -2.25. The maximum Gasteiger partial charge on any atom is 0.237 e. The fourth-order valence-electron chi connectivity index (χ4n) is 2.17. The molecule has 2 amide bonds. The van der Waals surface area contributed by atoms with E-state index >= 15 is 0 Å². The van der Waals surface area contributed by atoms with Crippen LogP contribution >= 0.6 is 11.8 Å². The number of aryl methyl sites for hydroxylation is 3. The Labute approximate surface area is 153 Å². The Morgan fingerprint density at radius 2 is 1.56 bits per heavy atom. The van der Waals surface area contributed by atoms with Gasteiger partial charge >= 0.3 is 0 Å². The largest absolute Gasteiger partial charge is 0.325 e. The molecule has 0 aliphatic carbocycles. The summed E-state index contributed by atoms with van der Waals surface area (Å²) in [5.41, 5.74) is 5.01. The molecule has 2 aromatic carbocycles. The van der Waals surface area contributed by atoms with E-state index in [-0.39, 0.29) is 22.8 Å². The molecular weight excluding hydrogens is 332 g/mol. The van der Waals surface area contributed by atoms with Gasteiger partial charge in [0, 0.05) is 11.4 Å². The Balaban J connectivity index is 1.81. The summed E-state index contributed by atoms with van der Waals surface area (Å²) in [6.45, 7) is 7.85. The molecule has 0 bridgehead atoms. The molecule has 132 valence electrons. The van der Waals surface area contributed by atoms with Gasteiger partial charge in [-0.15, -0.1) is 11.8 Å². The zero-order valence-electron chi connectivity index (χ0n) is 15.1. The van der Waals surface area contributed by atoms with Crippen LogP contribution in [0.4, 0.5) is 11.4 Å². The van der Waals surface area contributed by atoms with Crippen LogP contribution in [0.2, 0.25) is 0 Å². The van der Waals surface area contributed by atoms with Crippen LogP contribution in [0.1, 0.15) is 23.6 Å². The minimum Gasteiger partial charge on any atom is -0.325 e. The number of anilines is 2. The molecule has 0 aromatic heterocycles. The zero-order valence-corrected chi connectivity index (χ0v) is 15.9. The first kappa shape index (κ1) is 19.1. The van der Waals surface area contributed by atoms with Gasteiger partial charge in [-0.25, -0.2) is 0 Å². The second-order valence-corrected chi connectivity index (χ2v) is 7.48. The summed E-state index contributed by atoms with van der Waals surface area (Å²) in [6.07, 6.45) is 0. The minimum atomic E-state index is -0.314. The van der Waals surface area contributed by atoms with E-state index in [4.69, 9.17) is 0 Å². The number of benzene rings is 2. The summed E-state index contributed by atoms with van der Waals surface area (Å²) >= 11 is 1.32. The summed E-state index contributed by atoms with van der Waals surface area (Å²) in [5.74, 6) is 0.0196. The van der Waals surface area contributed by atoms with E-state index in [0.29, 0.717) is 0 Å². The predicted octanol–water partition coefficient (Wildman–Crippen LogP) is 4.31. The molecule has 0 saturated heterocycles. The van der Waals surface area contributed by atoms with Crippen molar-refractivity contribution in [2.45, 2.75) is 32.9 Å². The smallest absolute Gasteiger partial charge is 0.237 e. The lowest BCUT2D eigenvalue weighted by Gasteiger charge is -2.13. The number of rotatable bonds is 6. The summed E-state index contributed by atoms with van der Waals surface area (Å²) in [4.78, 5) is 24.3. The van der Waals surface area contributed by atoms with Gasteiger partial charge in [-0.3, -0.25) is 9.59 Å². The first-order valence-corrected chi connectivity index (χ1v) is 9.26. The summed E-state index contributed by atoms with van der Waals surface area (Å²) in [7, 11) is 0. The fraction of sp³-hybridized carbons (Fsp3) is 0.300. The van der Waals surface area contributed by atoms with Crippen molar-refractivity contribution in [3.8, 4) is 0 Å². The molecule has 0 aliphatic heterocycles. The highest BCUT2D eigenvalue weighted by Crippen LogP contribution is 2.18. The van der Waals surface area contributed by atoms with Gasteiger partial charge in [0.15, 0.2) is 0 Å². The number of carbonyl (C=O) groups is 2. The maximum atomic E-state index is 12.3. The van der Waals surface area contributed by atoms with Crippen LogP contribution in [-0.4, -0.2) is 22.8 Å². The molecule has 5 heteroatoms. The average Bonchev–Trinajstić information content (AvgIpc) is 2.58. The number of amides is 2. The number of hydrogen-bond donors (Lipinski definition) is 2. The van der Waals surface area contributed by atoms with Gasteiger partial charge in [-0.2, -0.15) is 0 Å². The van der Waals surface area contributed by atoms with E-state index in [2.05, 4.69) is 10.6 Å². The topological polar surface area (TPSA) is 58.2 Å². The SMILES string of the molecule is Cc1ccc(NC(=O)CSC(C)C(=O)Nc2ccc(C)c(C)c2)cc1. The highest BCUT2D eigenvalue weighted by atomic mass is 32.2. The summed E-state index contributed by atoms with van der Waals surface area (Å²) in [5, 5.41) is 5.42. The molecule has 25 heavy (non-hydrogen) atoms. The van der Waals surface area contributed by atoms with Gasteiger partial charge in [0.1, 0.15) is 0 Å². The van der Waals surface area contributed by atoms with Crippen molar-refractivity contribution in [1.29, 1.82) is 0 Å². The molecule has 2 rings (SSSR count). The van der Waals surface area contributed by atoms with E-state index in [0.717, 1.165) is 22.5 Å². The quantitative estimate of drug-likeness (QED) is 0.811. The van der Waals surface area contributed by atoms with Crippen LogP contribution in [0.15, 0.2) is 42.5 Å². The van der Waals surface area contributed by atoms with Crippen molar-refractivity contribution in [2.75, 3.05) is 16.4 Å². The summed E-state index contributed by atoms with van der Waals surface area (Å²) < 4.78 is 0. The van der Waals surface area contributed by atoms with Crippen molar-refractivity contribution in [1.82, 2.24) is 0 Å². The average molecular weight is 356 g/mol. The fourth-order valence-corrected chi connectivity index (χ4v) is 2.86. The van der Waals surface area contributed by atoms with Crippen molar-refractivity contribution in [2.24, 2.45) is 0 Å². The second-order valence-electron chi connectivity index (χ2n) is 6.16. The third-order valence-corrected chi connectivity index (χ3v) is 5.09. The Kier molecular flexibility index (Phi) is 6.65. The number of thioether (sulfide) groups is 1. The van der Waals surface area contributed by atoms with Crippen LogP contribution < -0.4 is 10.6 Å². The van der Waals surface area contributed by atoms with Crippen LogP contribution in [0.3, 0.4) is 0 Å². The Morgan fingerprint density at radius 3 is 2.20 bits per heavy atom. The van der Waals surface area contributed by atoms with E-state index in [1.807, 2.05) is 63.2 Å². The lowest BCUT2D eigenvalue weighted by molar-refractivity contribution is -0.115. The molecular formula is C20H24N2O2S. The van der Waals surface area contributed by atoms with Gasteiger partial charge in [0.05, 0.1) is 11.0 Å². The van der Waals surface area contributed by atoms with Crippen molar-refractivity contribution in [3.63, 3.8) is 0 Å². The second kappa shape index (κ2) is 8.72. The van der Waals surface area contributed by atoms with E-state index in [9.17, 15) is 9.59 Å². The van der Waals surface area contributed by atoms with Crippen LogP contribution in [-0.2, 0) is 9.59 Å². The first-order valence-electron chi connectivity index (χ1n) is 8.21. The number of nitrogens with one attached hydrogen (secondary N) is 2. The molecule has 0 fully saturated rings. The van der Waals surface area contributed by atoms with Crippen molar-refractivity contribution in [3.05, 3.63) is 59.2 Å². The van der Waals surface area contributed by atoms with Gasteiger partial charge in [-0.1, -0.05) is 23.8 Å². The van der Waals surface area contributed by atoms with Crippen LogP contribution in [0.5, 0.6) is 0 Å². The molecule has 0 radical (unpaired) electrons. The molecule has 2 N–H and O–H groups in total. The Morgan fingerprint density at radius 1 is 0.920 bits per heavy atom. The van der Waals surface area contributed by atoms with Gasteiger partial charge < -0.3 is 10.6 Å². The third-order valence-electron chi connectivity index (χ3n) is 3.94. The zero-order chi connectivity index (χ0) is 18.4. The van der Waals surface area contributed by atoms with Crippen molar-refractivity contribution >= 4 is 35.0 Å². The van der Waals surface area contributed by atoms with Gasteiger partial charge in [0.2, 0.25) is 11.8 Å². The molecule has 0 heterocycles. The molecule has 1 atom stereocenters. The number of hydrogen-bond acceptors (Lipinski definition) is 3. The standard InChI is InChI=1S/C20H24N2O2S/c1-13-5-8-17(9-6-13)21-19(23)12-25-16(4)20(24)22-18-10-7-14(2)15(3)11-18/h5-11,16H,12H2,1-4H3,(H,21,23)(H,22,24). The first-order chi connectivity index (χ1) is 11.8. The van der Waals surface area contributed by atoms with Crippen LogP contribution in [0.25, 0.3) is 0 Å². The number of carbonyl (C=O) groups excluding carboxylic acids is 2. The lowest BCUT2D eigenvalue weighted by atomic mass is 10.1. The van der Waals surface area contributed by atoms with Crippen LogP contribution in [0, 0.1) is 20.8 Å². The normalized spacial score (nSPS) is 11.7. The molecule has 1 unspecified atom stereocenters. The molecule has 0 aliphatic rings. The summed E-state index contributed by atoms with van der Waals surface area (Å²) in [6, 6.07) is 13.5. The molecule has 0 spiro atoms. The maximum absolute atomic E-state index is 12.3. The monoisotopic (exact) mass is 356 g/mol. The third kappa shape index (κ3) is 5.94. The highest BCUT2D eigenvalue weighted by Gasteiger charge is 2.15. The highest BCUT2D eigenvalue weighted by molar-refractivity contribution is 8.01. The van der Waals surface area contributed by atoms with E-state index in [1.165, 1.54) is 17.3 Å². The van der Waals surface area contributed by atoms with E-state index in [1.54, 1.807) is 6.92 Å². The molecule has 2 aromatic rings. The minimum absolute atomic E-state index is 0.101. The van der Waals surface area contributed by atoms with Gasteiger partial charge in [0.25, 0.3) is 0 Å².